The normalized spacial score (nSPS) is 11.4. The lowest BCUT2D eigenvalue weighted by Crippen LogP contribution is -2.01. The lowest BCUT2D eigenvalue weighted by atomic mass is 9.96. The van der Waals surface area contributed by atoms with Gasteiger partial charge in [0.25, 0.3) is 0 Å². The summed E-state index contributed by atoms with van der Waals surface area (Å²) in [5, 5.41) is 60.5. The fourth-order valence-electron chi connectivity index (χ4n) is 16.3. The number of ether oxygens (including phenoxy) is 4. The Bertz CT molecular complexity index is 8540. The van der Waals surface area contributed by atoms with E-state index in [1.165, 1.54) is 126 Å². The molecule has 0 atom stereocenters. The van der Waals surface area contributed by atoms with Gasteiger partial charge in [0.15, 0.2) is 46.6 Å². The maximum Gasteiger partial charge on any atom is 0.320 e. The van der Waals surface area contributed by atoms with Gasteiger partial charge in [-0.15, -0.1) is 45.3 Å². The summed E-state index contributed by atoms with van der Waals surface area (Å²) < 4.78 is 31.1. The zero-order valence-electron chi connectivity index (χ0n) is 68.4. The summed E-state index contributed by atoms with van der Waals surface area (Å²) in [6.45, 7) is 0. The minimum Gasteiger partial charge on any atom is -0.507 e. The van der Waals surface area contributed by atoms with Crippen molar-refractivity contribution in [2.45, 2.75) is 0 Å². The molecule has 0 bridgehead atoms. The Morgan fingerprint density at radius 1 is 0.188 bits per heavy atom. The number of methoxy groups -OCH3 is 4. The second kappa shape index (κ2) is 33.5. The summed E-state index contributed by atoms with van der Waals surface area (Å²) in [7, 11) is 6.10. The number of aromatic nitrogens is 12. The Kier molecular flexibility index (Phi) is 20.7. The summed E-state index contributed by atoms with van der Waals surface area (Å²) in [6.07, 6.45) is 0. The molecule has 128 heavy (non-hydrogen) atoms. The Labute approximate surface area is 745 Å². The Hall–Kier alpha value is -16.1. The van der Waals surface area contributed by atoms with Gasteiger partial charge in [-0.25, -0.2) is 19.9 Å². The number of hydrogen-bond donors (Lipinski definition) is 4. The van der Waals surface area contributed by atoms with E-state index in [2.05, 4.69) is 231 Å². The number of nitrogens with zero attached hydrogens (tertiary/aromatic N) is 12. The average molecular weight is 1740 g/mol. The van der Waals surface area contributed by atoms with E-state index in [0.29, 0.717) is 68.8 Å². The topological polar surface area (TPSA) is 273 Å². The predicted molar refractivity (Wildman–Crippen MR) is 517 cm³/mol. The molecule has 0 spiro atoms. The minimum absolute atomic E-state index is 0.105. The number of hydrogen-bond acceptors (Lipinski definition) is 24. The zero-order chi connectivity index (χ0) is 86.6. The molecular formula is C104H68N12O8S4. The second-order valence-corrected chi connectivity index (χ2v) is 34.1. The van der Waals surface area contributed by atoms with Crippen molar-refractivity contribution in [3.05, 3.63) is 315 Å². The van der Waals surface area contributed by atoms with Crippen molar-refractivity contribution in [3.8, 4) is 138 Å². The minimum atomic E-state index is 0.105. The largest absolute Gasteiger partial charge is 0.507 e. The molecule has 4 N–H and O–H groups in total. The van der Waals surface area contributed by atoms with Gasteiger partial charge >= 0.3 is 24.0 Å². The van der Waals surface area contributed by atoms with Gasteiger partial charge in [-0.2, -0.15) is 39.9 Å². The number of para-hydroxylation sites is 4. The molecule has 616 valence electrons. The fraction of sp³-hybridized carbons (Fsp3) is 0.0385. The van der Waals surface area contributed by atoms with Crippen LogP contribution in [0, 0.1) is 0 Å². The molecule has 24 aromatic rings. The van der Waals surface area contributed by atoms with Gasteiger partial charge in [0, 0.05) is 103 Å². The molecule has 0 saturated carbocycles. The maximum atomic E-state index is 10.4. The molecule has 8 heterocycles. The van der Waals surface area contributed by atoms with Crippen LogP contribution in [0.2, 0.25) is 0 Å². The second-order valence-electron chi connectivity index (χ2n) is 29.8. The fourth-order valence-corrected chi connectivity index (χ4v) is 20.8. The molecule has 0 fully saturated rings. The molecule has 0 aliphatic heterocycles. The Morgan fingerprint density at radius 2 is 0.516 bits per heavy atom. The molecule has 24 heteroatoms. The molecule has 0 amide bonds. The molecule has 0 unspecified atom stereocenters. The van der Waals surface area contributed by atoms with Crippen LogP contribution < -0.4 is 18.9 Å². The average Bonchev–Trinajstić information content (AvgIpc) is 1.60. The number of aromatic hydroxyl groups is 4. The lowest BCUT2D eigenvalue weighted by molar-refractivity contribution is 0.379. The first-order chi connectivity index (χ1) is 62.8. The first-order valence-corrected chi connectivity index (χ1v) is 43.8. The highest BCUT2D eigenvalue weighted by atomic mass is 32.1. The van der Waals surface area contributed by atoms with Crippen LogP contribution in [0.1, 0.15) is 0 Å². The van der Waals surface area contributed by atoms with Crippen molar-refractivity contribution < 1.29 is 39.4 Å². The van der Waals surface area contributed by atoms with Crippen LogP contribution in [0.4, 0.5) is 0 Å². The van der Waals surface area contributed by atoms with Crippen molar-refractivity contribution in [1.29, 1.82) is 0 Å². The van der Waals surface area contributed by atoms with Crippen molar-refractivity contribution in [1.82, 2.24) is 59.8 Å². The van der Waals surface area contributed by atoms with Crippen LogP contribution in [0.25, 0.3) is 215 Å². The van der Waals surface area contributed by atoms with Gasteiger partial charge in [0.2, 0.25) is 0 Å². The summed E-state index contributed by atoms with van der Waals surface area (Å²) in [5.74, 6) is 3.92. The number of fused-ring (bicyclic) bond motifs is 19. The van der Waals surface area contributed by atoms with Gasteiger partial charge in [0.05, 0.1) is 50.7 Å². The van der Waals surface area contributed by atoms with Gasteiger partial charge in [-0.3, -0.25) is 0 Å². The van der Waals surface area contributed by atoms with Gasteiger partial charge < -0.3 is 39.4 Å². The van der Waals surface area contributed by atoms with E-state index < -0.39 is 0 Å². The van der Waals surface area contributed by atoms with Gasteiger partial charge in [-0.1, -0.05) is 200 Å². The molecular weight excluding hydrogens is 1670 g/mol. The number of rotatable bonds is 12. The molecule has 0 saturated heterocycles. The summed E-state index contributed by atoms with van der Waals surface area (Å²) in [4.78, 5) is 54.2. The van der Waals surface area contributed by atoms with Crippen LogP contribution in [0.5, 0.6) is 47.0 Å². The Balaban J connectivity index is 0.000000104. The third-order valence-electron chi connectivity index (χ3n) is 22.2. The SMILES string of the molecule is COc1nc(-c2ccc3c(c2)sc2ccc4ccccc4c23)nc(-c2ccccc2O)n1.COc1nc(-c2ccc3sc4cc5ccccc5cc4c3c2)nc(-c2ccccc2O)n1.COc1nc(-c2ccccc2O)nc(-c2cc3sc4ccc5ccccc5c4c3c3ccccc23)n1.COc1nc(-c2ccccc2O)nc(-c2cccc3sc4ccccc4c23)n1. The smallest absolute Gasteiger partial charge is 0.320 e. The third-order valence-corrected chi connectivity index (χ3v) is 26.7. The van der Waals surface area contributed by atoms with Crippen LogP contribution >= 0.6 is 45.3 Å². The first kappa shape index (κ1) is 79.1. The number of phenols is 4. The molecule has 16 aromatic carbocycles. The molecule has 0 aliphatic rings. The van der Waals surface area contributed by atoms with E-state index >= 15 is 0 Å². The van der Waals surface area contributed by atoms with E-state index in [4.69, 9.17) is 23.9 Å². The standard InChI is InChI=1S/C30H19N3O2S.2C26H17N3O2S.C22H15N3O2S/c1-35-30-32-28(21-12-6-7-13-23(21)34)31-29(33-30)22-16-25-27(20-11-5-4-10-19(20)22)26-18-9-3-2-8-17(18)14-15-24(26)36-25;1-31-26-28-24(27-25(29-26)18-8-4-5-9-20(18)30)16-10-12-19-22(14-16)32-21-13-11-15-6-2-3-7-17(15)23(19)21;1-31-26-28-24(27-25(29-26)18-8-4-5-9-21(18)30)17-10-11-22-19(13-17)20-12-15-6-2-3-7-16(15)14-23(20)32-22;1-27-22-24-20(13-7-2-4-10-16(13)26)23-21(25-22)15-9-6-12-18-19(15)14-8-3-5-11-17(14)28-18/h2-16,34H,1H3;2*2-14,30H,1H3;2-12,26H,1H3. The summed E-state index contributed by atoms with van der Waals surface area (Å²) in [5.41, 5.74) is 5.66. The van der Waals surface area contributed by atoms with Crippen LogP contribution in [-0.4, -0.2) is 109 Å². The number of benzene rings is 16. The molecule has 0 aliphatic carbocycles. The van der Waals surface area contributed by atoms with Crippen molar-refractivity contribution in [2.24, 2.45) is 0 Å². The quantitative estimate of drug-likeness (QED) is 0.0885. The van der Waals surface area contributed by atoms with Crippen LogP contribution in [0.15, 0.2) is 315 Å². The highest BCUT2D eigenvalue weighted by Crippen LogP contribution is 2.48. The van der Waals surface area contributed by atoms with Gasteiger partial charge in [-0.05, 0) is 158 Å². The highest BCUT2D eigenvalue weighted by molar-refractivity contribution is 7.27. The third kappa shape index (κ3) is 14.8. The molecule has 20 nitrogen and oxygen atoms in total. The maximum absolute atomic E-state index is 10.4. The van der Waals surface area contributed by atoms with Crippen molar-refractivity contribution >= 4 is 169 Å². The van der Waals surface area contributed by atoms with E-state index in [0.717, 1.165) is 48.5 Å². The van der Waals surface area contributed by atoms with E-state index in [9.17, 15) is 20.4 Å². The summed E-state index contributed by atoms with van der Waals surface area (Å²) in [6, 6.07) is 105. The molecule has 24 rings (SSSR count). The van der Waals surface area contributed by atoms with Crippen molar-refractivity contribution in [2.75, 3.05) is 28.4 Å². The zero-order valence-corrected chi connectivity index (χ0v) is 71.7. The molecule has 8 aromatic heterocycles. The number of thiophene rings is 4. The molecule has 0 radical (unpaired) electrons. The van der Waals surface area contributed by atoms with Crippen LogP contribution in [0.3, 0.4) is 0 Å². The van der Waals surface area contributed by atoms with Crippen LogP contribution in [-0.2, 0) is 0 Å². The first-order valence-electron chi connectivity index (χ1n) is 40.6. The summed E-state index contributed by atoms with van der Waals surface area (Å²) >= 11 is 7.05. The Morgan fingerprint density at radius 3 is 1.05 bits per heavy atom. The van der Waals surface area contributed by atoms with E-state index in [-0.39, 0.29) is 47.0 Å². The van der Waals surface area contributed by atoms with E-state index in [1.54, 1.807) is 118 Å². The lowest BCUT2D eigenvalue weighted by Gasteiger charge is -2.11. The monoisotopic (exact) mass is 1740 g/mol. The highest BCUT2D eigenvalue weighted by Gasteiger charge is 2.24. The number of phenolic OH excluding ortho intramolecular Hbond substituents is 4. The van der Waals surface area contributed by atoms with Gasteiger partial charge in [0.1, 0.15) is 23.0 Å². The van der Waals surface area contributed by atoms with Crippen molar-refractivity contribution in [3.63, 3.8) is 0 Å². The predicted octanol–water partition coefficient (Wildman–Crippen LogP) is 25.8. The van der Waals surface area contributed by atoms with E-state index in [1.807, 2.05) is 66.7 Å².